The van der Waals surface area contributed by atoms with Crippen molar-refractivity contribution in [2.75, 3.05) is 39.2 Å². The number of rotatable bonds is 10. The second kappa shape index (κ2) is 10.3. The Morgan fingerprint density at radius 3 is 2.13 bits per heavy atom. The van der Waals surface area contributed by atoms with Gasteiger partial charge in [-0.15, -0.1) is 0 Å². The van der Waals surface area contributed by atoms with Crippen LogP contribution < -0.4 is 19.5 Å². The normalized spacial score (nSPS) is 11.3. The molecule has 8 nitrogen and oxygen atoms in total. The van der Waals surface area contributed by atoms with E-state index in [1.807, 2.05) is 0 Å². The van der Waals surface area contributed by atoms with Crippen LogP contribution in [-0.2, 0) is 10.0 Å². The molecular formula is C21H28N2O6S. The van der Waals surface area contributed by atoms with Crippen molar-refractivity contribution in [2.45, 2.75) is 25.7 Å². The molecule has 9 heteroatoms. The van der Waals surface area contributed by atoms with E-state index in [1.54, 1.807) is 45.0 Å². The molecule has 0 unspecified atom stereocenters. The molecule has 0 aliphatic carbocycles. The number of hydrogen-bond donors (Lipinski definition) is 1. The third-order valence-corrected chi connectivity index (χ3v) is 6.53. The van der Waals surface area contributed by atoms with E-state index in [9.17, 15) is 13.2 Å². The summed E-state index contributed by atoms with van der Waals surface area (Å²) in [4.78, 5) is 12.9. The monoisotopic (exact) mass is 436 g/mol. The van der Waals surface area contributed by atoms with Gasteiger partial charge in [0.2, 0.25) is 10.0 Å². The minimum absolute atomic E-state index is 0.0808. The maximum atomic E-state index is 12.9. The fourth-order valence-electron chi connectivity index (χ4n) is 2.93. The van der Waals surface area contributed by atoms with Crippen molar-refractivity contribution in [2.24, 2.45) is 0 Å². The fourth-order valence-corrected chi connectivity index (χ4v) is 4.42. The van der Waals surface area contributed by atoms with Crippen LogP contribution in [0.2, 0.25) is 0 Å². The number of ether oxygens (including phenoxy) is 3. The third kappa shape index (κ3) is 5.03. The highest BCUT2D eigenvalue weighted by atomic mass is 32.2. The number of hydrogen-bond acceptors (Lipinski definition) is 6. The van der Waals surface area contributed by atoms with Gasteiger partial charge in [-0.2, -0.15) is 4.31 Å². The lowest BCUT2D eigenvalue weighted by molar-refractivity contribution is 0.102. The van der Waals surface area contributed by atoms with Gasteiger partial charge in [-0.3, -0.25) is 4.79 Å². The maximum absolute atomic E-state index is 12.9. The first-order chi connectivity index (χ1) is 14.3. The zero-order chi connectivity index (χ0) is 22.3. The lowest BCUT2D eigenvalue weighted by Gasteiger charge is -2.20. The summed E-state index contributed by atoms with van der Waals surface area (Å²) in [7, 11) is -0.697. The van der Waals surface area contributed by atoms with Crippen molar-refractivity contribution in [1.29, 1.82) is 0 Å². The van der Waals surface area contributed by atoms with E-state index in [4.69, 9.17) is 14.2 Å². The predicted octanol–water partition coefficient (Wildman–Crippen LogP) is 3.39. The quantitative estimate of drug-likeness (QED) is 0.614. The molecule has 0 fully saturated rings. The number of nitrogens with one attached hydrogen (secondary N) is 1. The fraction of sp³-hybridized carbons (Fsp3) is 0.381. The van der Waals surface area contributed by atoms with Gasteiger partial charge in [0.15, 0.2) is 11.5 Å². The first-order valence-electron chi connectivity index (χ1n) is 9.62. The minimum Gasteiger partial charge on any atom is -0.493 e. The largest absolute Gasteiger partial charge is 0.493 e. The molecule has 164 valence electrons. The maximum Gasteiger partial charge on any atom is 0.255 e. The highest BCUT2D eigenvalue weighted by Crippen LogP contribution is 2.31. The molecule has 2 rings (SSSR count). The number of sulfonamides is 1. The molecule has 0 aliphatic rings. The molecule has 0 radical (unpaired) electrons. The molecule has 2 aromatic carbocycles. The van der Waals surface area contributed by atoms with Crippen LogP contribution in [0.3, 0.4) is 0 Å². The van der Waals surface area contributed by atoms with Crippen LogP contribution in [0.1, 0.15) is 31.1 Å². The highest BCUT2D eigenvalue weighted by Gasteiger charge is 2.23. The van der Waals surface area contributed by atoms with E-state index >= 15 is 0 Å². The van der Waals surface area contributed by atoms with Gasteiger partial charge in [0.25, 0.3) is 5.91 Å². The molecule has 1 N–H and O–H groups in total. The standard InChI is InChI=1S/C21H28N2O6S/c1-6-23(7-2)30(25,26)16-10-12-18(29-8-3)17(14-16)22-21(24)15-9-11-19(27-4)20(13-15)28-5/h9-14H,6-8H2,1-5H3,(H,22,24). The van der Waals surface area contributed by atoms with Crippen molar-refractivity contribution in [3.8, 4) is 17.2 Å². The lowest BCUT2D eigenvalue weighted by Crippen LogP contribution is -2.30. The van der Waals surface area contributed by atoms with Crippen LogP contribution in [0, 0.1) is 0 Å². The smallest absolute Gasteiger partial charge is 0.255 e. The van der Waals surface area contributed by atoms with E-state index < -0.39 is 15.9 Å². The predicted molar refractivity (Wildman–Crippen MR) is 115 cm³/mol. The Kier molecular flexibility index (Phi) is 8.08. The number of benzene rings is 2. The van der Waals surface area contributed by atoms with E-state index in [2.05, 4.69) is 5.32 Å². The van der Waals surface area contributed by atoms with Crippen molar-refractivity contribution < 1.29 is 27.4 Å². The summed E-state index contributed by atoms with van der Waals surface area (Å²) >= 11 is 0. The molecule has 30 heavy (non-hydrogen) atoms. The van der Waals surface area contributed by atoms with Crippen LogP contribution in [0.25, 0.3) is 0 Å². The molecule has 0 saturated carbocycles. The summed E-state index contributed by atoms with van der Waals surface area (Å²) < 4.78 is 43.1. The lowest BCUT2D eigenvalue weighted by atomic mass is 10.1. The molecule has 0 spiro atoms. The first kappa shape index (κ1) is 23.5. The van der Waals surface area contributed by atoms with Crippen molar-refractivity contribution in [3.63, 3.8) is 0 Å². The van der Waals surface area contributed by atoms with Gasteiger partial charge in [0.05, 0.1) is 31.4 Å². The van der Waals surface area contributed by atoms with Gasteiger partial charge in [-0.05, 0) is 43.3 Å². The van der Waals surface area contributed by atoms with Gasteiger partial charge in [-0.25, -0.2) is 8.42 Å². The van der Waals surface area contributed by atoms with E-state index in [0.29, 0.717) is 42.5 Å². The summed E-state index contributed by atoms with van der Waals surface area (Å²) in [5, 5.41) is 2.74. The summed E-state index contributed by atoms with van der Waals surface area (Å²) in [5.41, 5.74) is 0.594. The van der Waals surface area contributed by atoms with Crippen LogP contribution in [0.4, 0.5) is 5.69 Å². The van der Waals surface area contributed by atoms with Crippen molar-refractivity contribution in [1.82, 2.24) is 4.31 Å². The van der Waals surface area contributed by atoms with E-state index in [1.165, 1.54) is 30.7 Å². The van der Waals surface area contributed by atoms with Gasteiger partial charge in [0.1, 0.15) is 5.75 Å². The van der Waals surface area contributed by atoms with E-state index in [0.717, 1.165) is 0 Å². The average molecular weight is 437 g/mol. The molecule has 0 aromatic heterocycles. The topological polar surface area (TPSA) is 94.2 Å². The Hall–Kier alpha value is -2.78. The summed E-state index contributed by atoms with van der Waals surface area (Å²) in [6, 6.07) is 9.20. The zero-order valence-electron chi connectivity index (χ0n) is 17.9. The molecule has 0 saturated heterocycles. The number of nitrogens with zero attached hydrogens (tertiary/aromatic N) is 1. The molecule has 2 aromatic rings. The Balaban J connectivity index is 2.43. The molecular weight excluding hydrogens is 408 g/mol. The Morgan fingerprint density at radius 1 is 0.933 bits per heavy atom. The average Bonchev–Trinajstić information content (AvgIpc) is 2.75. The Labute approximate surface area is 177 Å². The van der Waals surface area contributed by atoms with Crippen LogP contribution in [-0.4, -0.2) is 52.5 Å². The van der Waals surface area contributed by atoms with E-state index in [-0.39, 0.29) is 10.6 Å². The van der Waals surface area contributed by atoms with Crippen LogP contribution >= 0.6 is 0 Å². The third-order valence-electron chi connectivity index (χ3n) is 4.49. The number of amides is 1. The molecule has 0 heterocycles. The van der Waals surface area contributed by atoms with Gasteiger partial charge >= 0.3 is 0 Å². The second-order valence-corrected chi connectivity index (χ2v) is 8.14. The Bertz CT molecular complexity index is 987. The van der Waals surface area contributed by atoms with Gasteiger partial charge in [-0.1, -0.05) is 13.8 Å². The number of methoxy groups -OCH3 is 2. The highest BCUT2D eigenvalue weighted by molar-refractivity contribution is 7.89. The van der Waals surface area contributed by atoms with Crippen molar-refractivity contribution >= 4 is 21.6 Å². The molecule has 1 amide bonds. The first-order valence-corrected chi connectivity index (χ1v) is 11.1. The van der Waals surface area contributed by atoms with Gasteiger partial charge < -0.3 is 19.5 Å². The van der Waals surface area contributed by atoms with Gasteiger partial charge in [0, 0.05) is 18.7 Å². The number of anilines is 1. The minimum atomic E-state index is -3.69. The van der Waals surface area contributed by atoms with Crippen LogP contribution in [0.15, 0.2) is 41.3 Å². The number of carbonyl (C=O) groups excluding carboxylic acids is 1. The van der Waals surface area contributed by atoms with Crippen LogP contribution in [0.5, 0.6) is 17.2 Å². The van der Waals surface area contributed by atoms with Crippen molar-refractivity contribution in [3.05, 3.63) is 42.0 Å². The SMILES string of the molecule is CCOc1ccc(S(=O)(=O)N(CC)CC)cc1NC(=O)c1ccc(OC)c(OC)c1. The zero-order valence-corrected chi connectivity index (χ0v) is 18.7. The summed E-state index contributed by atoms with van der Waals surface area (Å²) in [5.74, 6) is 0.850. The molecule has 0 atom stereocenters. The summed E-state index contributed by atoms with van der Waals surface area (Å²) in [6.07, 6.45) is 0. The molecule has 0 aliphatic heterocycles. The second-order valence-electron chi connectivity index (χ2n) is 6.20. The summed E-state index contributed by atoms with van der Waals surface area (Å²) in [6.45, 7) is 6.41. The Morgan fingerprint density at radius 2 is 1.57 bits per heavy atom. The molecule has 0 bridgehead atoms. The number of carbonyl (C=O) groups is 1.